The molecule has 1 saturated carbocycles. The van der Waals surface area contributed by atoms with Gasteiger partial charge in [0.2, 0.25) is 0 Å². The first-order valence-electron chi connectivity index (χ1n) is 36.3. The molecule has 526 valence electrons. The summed E-state index contributed by atoms with van der Waals surface area (Å²) in [5, 5.41) is 22.3. The van der Waals surface area contributed by atoms with E-state index in [0.29, 0.717) is 40.9 Å². The summed E-state index contributed by atoms with van der Waals surface area (Å²) in [6.07, 6.45) is 15.8. The van der Waals surface area contributed by atoms with E-state index in [9.17, 15) is 13.2 Å². The zero-order chi connectivity index (χ0) is 70.0. The molecule has 8 aromatic carbocycles. The van der Waals surface area contributed by atoms with E-state index in [2.05, 4.69) is 162 Å². The zero-order valence-electron chi connectivity index (χ0n) is 58.9. The first kappa shape index (κ1) is 71.3. The highest BCUT2D eigenvalue weighted by Gasteiger charge is 2.45. The SMILES string of the molecule is Cc1ccc(CN=C2Nc3ccccc3CC23CCNCC3)c(F)c1.Cc1cccc(CN=C2Nc3cc(Cl)c(Cl)cc3CC23CCOCC3)c1.Cc1cccc(CN=C2Nc3cc(F)c(F)cc3CC23CCCCC3)c1.Cc1cccc(CN=C2Nc3ccccc3CC23CCNCC3)c1. The molecule has 0 amide bonds. The molecule has 8 aromatic rings. The highest BCUT2D eigenvalue weighted by molar-refractivity contribution is 6.42. The van der Waals surface area contributed by atoms with Crippen LogP contribution in [0.15, 0.2) is 184 Å². The molecule has 0 atom stereocenters. The molecule has 8 aliphatic rings. The van der Waals surface area contributed by atoms with Crippen molar-refractivity contribution in [3.8, 4) is 0 Å². The standard InChI is InChI=1S/C22H24F2N2.C21H22Cl2N2O.C21H24FN3.C21H25N3/c1-15-6-5-7-16(10-15)14-25-21-22(8-3-2-4-9-22)13-17-11-18(23)19(24)12-20(17)26-21;1-14-3-2-4-15(9-14)13-24-20-21(5-7-26-8-6-21)12-16-10-17(22)18(23)11-19(16)25-20;1-15-6-7-17(18(22)12-15)14-24-20-21(8-10-23-11-9-21)13-16-4-2-3-5-19(16)25-20;1-16-5-4-6-17(13-16)15-23-20-21(9-11-22-12-10-21)14-18-7-2-3-8-19(18)24-20/h5-7,10-12H,2-4,8-9,13-14H2,1H3,(H,25,26);2-4,9-11H,5-8,12-13H2,1H3,(H,24,25);2-7,12,23H,8-11,13-14H2,1H3,(H,24,25);2-8,13,22H,9-12,14-15H2,1H3,(H,23,24). The number of nitrogens with one attached hydrogen (secondary N) is 6. The summed E-state index contributed by atoms with van der Waals surface area (Å²) in [5.74, 6) is 2.45. The summed E-state index contributed by atoms with van der Waals surface area (Å²) in [7, 11) is 0. The summed E-state index contributed by atoms with van der Waals surface area (Å²) >= 11 is 12.5. The Hall–Kier alpha value is -8.11. The molecule has 0 aromatic heterocycles. The summed E-state index contributed by atoms with van der Waals surface area (Å²) in [6.45, 7) is 16.3. The third-order valence-electron chi connectivity index (χ3n) is 22.0. The Bertz CT molecular complexity index is 4250. The normalized spacial score (nSPS) is 20.2. The minimum atomic E-state index is -0.811. The topological polar surface area (TPSA) is 131 Å². The summed E-state index contributed by atoms with van der Waals surface area (Å²) in [5.41, 5.74) is 18.0. The molecular formula is C85H95Cl2F3N10O. The van der Waals surface area contributed by atoms with Crippen LogP contribution in [-0.2, 0) is 56.6 Å². The quantitative estimate of drug-likeness (QED) is 0.0893. The third kappa shape index (κ3) is 17.0. The van der Waals surface area contributed by atoms with Crippen LogP contribution in [-0.4, -0.2) is 62.7 Å². The molecule has 0 bridgehead atoms. The van der Waals surface area contributed by atoms with Gasteiger partial charge in [0.15, 0.2) is 11.6 Å². The molecule has 101 heavy (non-hydrogen) atoms. The van der Waals surface area contributed by atoms with Crippen molar-refractivity contribution in [2.24, 2.45) is 41.6 Å². The van der Waals surface area contributed by atoms with Gasteiger partial charge in [-0.15, -0.1) is 0 Å². The second-order valence-corrected chi connectivity index (χ2v) is 30.2. The molecule has 6 N–H and O–H groups in total. The summed E-state index contributed by atoms with van der Waals surface area (Å²) < 4.78 is 47.2. The highest BCUT2D eigenvalue weighted by atomic mass is 35.5. The lowest BCUT2D eigenvalue weighted by Gasteiger charge is -2.42. The number of ether oxygens (including phenoxy) is 1. The number of halogens is 5. The minimum Gasteiger partial charge on any atom is -0.381 e. The fraction of sp³-hybridized carbons (Fsp3) is 0.388. The first-order valence-corrected chi connectivity index (χ1v) is 37.1. The lowest BCUT2D eigenvalue weighted by Crippen LogP contribution is -2.48. The highest BCUT2D eigenvalue weighted by Crippen LogP contribution is 2.48. The van der Waals surface area contributed by atoms with E-state index in [0.717, 1.165) is 176 Å². The molecule has 1 aliphatic carbocycles. The Morgan fingerprint density at radius 1 is 0.356 bits per heavy atom. The number of nitrogens with zero attached hydrogens (tertiary/aromatic N) is 4. The molecule has 3 saturated heterocycles. The van der Waals surface area contributed by atoms with E-state index in [1.54, 1.807) is 6.07 Å². The number of aliphatic imine (C=N–C) groups is 4. The zero-order valence-corrected chi connectivity index (χ0v) is 60.4. The average Bonchev–Trinajstić information content (AvgIpc) is 0.779. The van der Waals surface area contributed by atoms with Crippen molar-refractivity contribution in [1.29, 1.82) is 0 Å². The molecule has 4 spiro atoms. The molecule has 16 heteroatoms. The molecular weight excluding hydrogens is 1300 g/mol. The van der Waals surface area contributed by atoms with Crippen molar-refractivity contribution in [3.05, 3.63) is 258 Å². The number of amidine groups is 4. The van der Waals surface area contributed by atoms with E-state index in [1.165, 1.54) is 80.1 Å². The number of piperidine rings is 2. The van der Waals surface area contributed by atoms with Gasteiger partial charge in [-0.1, -0.05) is 180 Å². The van der Waals surface area contributed by atoms with Gasteiger partial charge in [0, 0.05) is 69.3 Å². The van der Waals surface area contributed by atoms with Crippen LogP contribution in [0.2, 0.25) is 10.0 Å². The van der Waals surface area contributed by atoms with E-state index in [4.69, 9.17) is 47.9 Å². The van der Waals surface area contributed by atoms with Crippen LogP contribution < -0.4 is 31.9 Å². The van der Waals surface area contributed by atoms with E-state index in [1.807, 2.05) is 43.3 Å². The van der Waals surface area contributed by atoms with Crippen LogP contribution in [0, 0.1) is 66.8 Å². The van der Waals surface area contributed by atoms with Crippen molar-refractivity contribution in [3.63, 3.8) is 0 Å². The van der Waals surface area contributed by atoms with Gasteiger partial charge in [0.1, 0.15) is 29.2 Å². The van der Waals surface area contributed by atoms with Gasteiger partial charge in [0.25, 0.3) is 0 Å². The predicted octanol–water partition coefficient (Wildman–Crippen LogP) is 19.5. The second-order valence-electron chi connectivity index (χ2n) is 29.4. The van der Waals surface area contributed by atoms with Crippen molar-refractivity contribution in [2.75, 3.05) is 60.7 Å². The maximum atomic E-state index is 14.2. The molecule has 7 heterocycles. The van der Waals surface area contributed by atoms with Gasteiger partial charge in [-0.3, -0.25) is 20.0 Å². The Kier molecular flexibility index (Phi) is 22.6. The van der Waals surface area contributed by atoms with E-state index < -0.39 is 11.6 Å². The minimum absolute atomic E-state index is 0.00770. The summed E-state index contributed by atoms with van der Waals surface area (Å²) in [4.78, 5) is 19.8. The average molecular weight is 1400 g/mol. The number of aryl methyl sites for hydroxylation is 4. The molecule has 0 unspecified atom stereocenters. The maximum Gasteiger partial charge on any atom is 0.160 e. The van der Waals surface area contributed by atoms with Gasteiger partial charge in [-0.2, -0.15) is 0 Å². The maximum absolute atomic E-state index is 14.2. The van der Waals surface area contributed by atoms with Crippen molar-refractivity contribution >= 4 is 69.3 Å². The Balaban J connectivity index is 0.000000120. The molecule has 0 radical (unpaired) electrons. The number of para-hydroxylation sites is 2. The van der Waals surface area contributed by atoms with Gasteiger partial charge in [-0.05, 0) is 212 Å². The van der Waals surface area contributed by atoms with Crippen molar-refractivity contribution in [2.45, 2.75) is 150 Å². The number of anilines is 4. The van der Waals surface area contributed by atoms with Crippen molar-refractivity contribution in [1.82, 2.24) is 10.6 Å². The van der Waals surface area contributed by atoms with Crippen LogP contribution in [0.1, 0.15) is 137 Å². The second kappa shape index (κ2) is 32.1. The van der Waals surface area contributed by atoms with Crippen LogP contribution in [0.25, 0.3) is 0 Å². The van der Waals surface area contributed by atoms with Gasteiger partial charge >= 0.3 is 0 Å². The van der Waals surface area contributed by atoms with Crippen LogP contribution >= 0.6 is 23.2 Å². The van der Waals surface area contributed by atoms with Crippen molar-refractivity contribution < 1.29 is 17.9 Å². The summed E-state index contributed by atoms with van der Waals surface area (Å²) in [6, 6.07) is 54.5. The number of hydrogen-bond acceptors (Lipinski definition) is 7. The fourth-order valence-electron chi connectivity index (χ4n) is 16.3. The number of rotatable bonds is 8. The number of fused-ring (bicyclic) bond motifs is 4. The Labute approximate surface area is 604 Å². The smallest absolute Gasteiger partial charge is 0.160 e. The number of hydrogen-bond donors (Lipinski definition) is 6. The Morgan fingerprint density at radius 2 is 0.752 bits per heavy atom. The van der Waals surface area contributed by atoms with Crippen LogP contribution in [0.5, 0.6) is 0 Å². The lowest BCUT2D eigenvalue weighted by atomic mass is 9.67. The first-order chi connectivity index (χ1) is 49.0. The monoisotopic (exact) mass is 1400 g/mol. The number of benzene rings is 8. The third-order valence-corrected chi connectivity index (χ3v) is 22.7. The Morgan fingerprint density at radius 3 is 1.24 bits per heavy atom. The van der Waals surface area contributed by atoms with Crippen LogP contribution in [0.4, 0.5) is 35.9 Å². The lowest BCUT2D eigenvalue weighted by molar-refractivity contribution is 0.0448. The molecule has 11 nitrogen and oxygen atoms in total. The molecule has 4 fully saturated rings. The predicted molar refractivity (Wildman–Crippen MR) is 411 cm³/mol. The molecule has 7 aliphatic heterocycles. The van der Waals surface area contributed by atoms with Gasteiger partial charge in [0.05, 0.1) is 36.2 Å². The van der Waals surface area contributed by atoms with Crippen LogP contribution in [0.3, 0.4) is 0 Å². The van der Waals surface area contributed by atoms with Gasteiger partial charge in [-0.25, -0.2) is 13.2 Å². The fourth-order valence-corrected chi connectivity index (χ4v) is 16.6. The van der Waals surface area contributed by atoms with E-state index in [-0.39, 0.29) is 27.5 Å². The molecule has 16 rings (SSSR count). The van der Waals surface area contributed by atoms with Gasteiger partial charge < -0.3 is 36.6 Å². The van der Waals surface area contributed by atoms with E-state index >= 15 is 0 Å². The largest absolute Gasteiger partial charge is 0.381 e.